The molecule has 2 rings (SSSR count). The molecule has 2 atom stereocenters. The maximum atomic E-state index is 5.48. The summed E-state index contributed by atoms with van der Waals surface area (Å²) in [6, 6.07) is 0.367. The van der Waals surface area contributed by atoms with Crippen molar-refractivity contribution in [2.75, 3.05) is 19.8 Å². The predicted molar refractivity (Wildman–Crippen MR) is 72.5 cm³/mol. The van der Waals surface area contributed by atoms with Gasteiger partial charge >= 0.3 is 0 Å². The van der Waals surface area contributed by atoms with Crippen LogP contribution in [0.4, 0.5) is 0 Å². The smallest absolute Gasteiger partial charge is 0.125 e. The Bertz CT molecular complexity index is 345. The van der Waals surface area contributed by atoms with Gasteiger partial charge in [-0.2, -0.15) is 0 Å². The monoisotopic (exact) mass is 251 g/mol. The lowest BCUT2D eigenvalue weighted by atomic mass is 9.98. The zero-order chi connectivity index (χ0) is 12.8. The third kappa shape index (κ3) is 3.33. The van der Waals surface area contributed by atoms with Crippen molar-refractivity contribution in [1.29, 1.82) is 0 Å². The van der Waals surface area contributed by atoms with Crippen LogP contribution in [0.2, 0.25) is 0 Å². The van der Waals surface area contributed by atoms with Crippen molar-refractivity contribution in [3.63, 3.8) is 0 Å². The summed E-state index contributed by atoms with van der Waals surface area (Å²) in [5.41, 5.74) is 0. The quantitative estimate of drug-likeness (QED) is 0.808. The van der Waals surface area contributed by atoms with E-state index >= 15 is 0 Å². The standard InChI is InChI=1S/C14H25N3O/c1-3-6-15-13(10-12-5-9-18-11-12)14-16-7-8-17(14)4-2/h7-8,12-13,15H,3-6,9-11H2,1-2H3. The van der Waals surface area contributed by atoms with Gasteiger partial charge in [-0.25, -0.2) is 4.98 Å². The van der Waals surface area contributed by atoms with Gasteiger partial charge in [0.1, 0.15) is 5.82 Å². The minimum absolute atomic E-state index is 0.367. The first kappa shape index (κ1) is 13.6. The summed E-state index contributed by atoms with van der Waals surface area (Å²) in [5.74, 6) is 1.86. The molecule has 2 heterocycles. The van der Waals surface area contributed by atoms with E-state index < -0.39 is 0 Å². The maximum Gasteiger partial charge on any atom is 0.125 e. The lowest BCUT2D eigenvalue weighted by Crippen LogP contribution is -2.27. The fourth-order valence-corrected chi connectivity index (χ4v) is 2.60. The zero-order valence-electron chi connectivity index (χ0n) is 11.6. The minimum Gasteiger partial charge on any atom is -0.381 e. The van der Waals surface area contributed by atoms with Crippen molar-refractivity contribution in [3.05, 3.63) is 18.2 Å². The minimum atomic E-state index is 0.367. The van der Waals surface area contributed by atoms with Gasteiger partial charge in [-0.05, 0) is 38.6 Å². The van der Waals surface area contributed by atoms with Crippen molar-refractivity contribution >= 4 is 0 Å². The molecule has 0 spiro atoms. The first-order valence-electron chi connectivity index (χ1n) is 7.17. The molecule has 2 unspecified atom stereocenters. The number of hydrogen-bond donors (Lipinski definition) is 1. The molecule has 1 fully saturated rings. The Hall–Kier alpha value is -0.870. The van der Waals surface area contributed by atoms with Crippen LogP contribution in [0.1, 0.15) is 45.0 Å². The molecule has 1 aliphatic heterocycles. The second kappa shape index (κ2) is 6.90. The van der Waals surface area contributed by atoms with E-state index in [2.05, 4.69) is 34.9 Å². The summed E-state index contributed by atoms with van der Waals surface area (Å²) < 4.78 is 7.72. The van der Waals surface area contributed by atoms with Gasteiger partial charge in [-0.3, -0.25) is 0 Å². The highest BCUT2D eigenvalue weighted by Gasteiger charge is 2.23. The molecular formula is C14H25N3O. The molecule has 1 saturated heterocycles. The number of nitrogens with one attached hydrogen (secondary N) is 1. The molecule has 0 aliphatic carbocycles. The third-order valence-electron chi connectivity index (χ3n) is 3.63. The van der Waals surface area contributed by atoms with E-state index in [1.807, 2.05) is 6.20 Å². The number of ether oxygens (including phenoxy) is 1. The van der Waals surface area contributed by atoms with Gasteiger partial charge in [0.05, 0.1) is 6.04 Å². The Morgan fingerprint density at radius 3 is 3.11 bits per heavy atom. The Balaban J connectivity index is 2.03. The molecule has 1 N–H and O–H groups in total. The molecule has 0 bridgehead atoms. The van der Waals surface area contributed by atoms with Crippen LogP contribution in [0.25, 0.3) is 0 Å². The Kier molecular flexibility index (Phi) is 5.20. The van der Waals surface area contributed by atoms with E-state index in [0.717, 1.165) is 39.1 Å². The average molecular weight is 251 g/mol. The average Bonchev–Trinajstić information content (AvgIpc) is 3.04. The molecule has 0 aromatic carbocycles. The van der Waals surface area contributed by atoms with Gasteiger partial charge in [0.15, 0.2) is 0 Å². The molecular weight excluding hydrogens is 226 g/mol. The van der Waals surface area contributed by atoms with E-state index in [9.17, 15) is 0 Å². The maximum absolute atomic E-state index is 5.48. The molecule has 1 aromatic rings. The zero-order valence-corrected chi connectivity index (χ0v) is 11.6. The largest absolute Gasteiger partial charge is 0.381 e. The molecule has 0 saturated carbocycles. The molecule has 4 nitrogen and oxygen atoms in total. The van der Waals surface area contributed by atoms with E-state index in [0.29, 0.717) is 12.0 Å². The van der Waals surface area contributed by atoms with E-state index in [1.165, 1.54) is 12.2 Å². The van der Waals surface area contributed by atoms with E-state index in [-0.39, 0.29) is 0 Å². The number of hydrogen-bond acceptors (Lipinski definition) is 3. The molecule has 1 aliphatic rings. The van der Waals surface area contributed by atoms with Crippen LogP contribution in [-0.4, -0.2) is 29.3 Å². The lowest BCUT2D eigenvalue weighted by molar-refractivity contribution is 0.181. The third-order valence-corrected chi connectivity index (χ3v) is 3.63. The highest BCUT2D eigenvalue weighted by Crippen LogP contribution is 2.25. The van der Waals surface area contributed by atoms with Crippen LogP contribution in [0.5, 0.6) is 0 Å². The van der Waals surface area contributed by atoms with Crippen molar-refractivity contribution in [2.45, 2.75) is 45.7 Å². The normalized spacial score (nSPS) is 21.3. The first-order chi connectivity index (χ1) is 8.85. The topological polar surface area (TPSA) is 39.1 Å². The van der Waals surface area contributed by atoms with Crippen LogP contribution in [0.15, 0.2) is 12.4 Å². The van der Waals surface area contributed by atoms with Gasteiger partial charge in [-0.15, -0.1) is 0 Å². The summed E-state index contributed by atoms with van der Waals surface area (Å²) in [4.78, 5) is 4.54. The highest BCUT2D eigenvalue weighted by atomic mass is 16.5. The first-order valence-corrected chi connectivity index (χ1v) is 7.17. The Labute approximate surface area is 110 Å². The SMILES string of the molecule is CCCNC(CC1CCOC1)c1nccn1CC. The summed E-state index contributed by atoms with van der Waals surface area (Å²) in [7, 11) is 0. The number of rotatable bonds is 7. The molecule has 4 heteroatoms. The fourth-order valence-electron chi connectivity index (χ4n) is 2.60. The second-order valence-electron chi connectivity index (χ2n) is 5.04. The van der Waals surface area contributed by atoms with Crippen LogP contribution < -0.4 is 5.32 Å². The predicted octanol–water partition coefficient (Wildman–Crippen LogP) is 2.37. The van der Waals surface area contributed by atoms with Gasteiger partial charge < -0.3 is 14.6 Å². The van der Waals surface area contributed by atoms with E-state index in [4.69, 9.17) is 4.74 Å². The number of aryl methyl sites for hydroxylation is 1. The van der Waals surface area contributed by atoms with Gasteiger partial charge in [0.25, 0.3) is 0 Å². The Morgan fingerprint density at radius 1 is 1.56 bits per heavy atom. The van der Waals surface area contributed by atoms with Crippen LogP contribution >= 0.6 is 0 Å². The van der Waals surface area contributed by atoms with E-state index in [1.54, 1.807) is 0 Å². The van der Waals surface area contributed by atoms with Crippen molar-refractivity contribution < 1.29 is 4.74 Å². The molecule has 0 radical (unpaired) electrons. The van der Waals surface area contributed by atoms with Crippen LogP contribution in [-0.2, 0) is 11.3 Å². The van der Waals surface area contributed by atoms with Crippen molar-refractivity contribution in [1.82, 2.24) is 14.9 Å². The van der Waals surface area contributed by atoms with Crippen molar-refractivity contribution in [2.24, 2.45) is 5.92 Å². The number of aromatic nitrogens is 2. The highest BCUT2D eigenvalue weighted by molar-refractivity contribution is 5.00. The summed E-state index contributed by atoms with van der Waals surface area (Å²) in [5, 5.41) is 3.63. The van der Waals surface area contributed by atoms with Gasteiger partial charge in [0, 0.05) is 32.2 Å². The van der Waals surface area contributed by atoms with Crippen LogP contribution in [0, 0.1) is 5.92 Å². The summed E-state index contributed by atoms with van der Waals surface area (Å²) in [6.45, 7) is 8.25. The molecule has 1 aromatic heterocycles. The lowest BCUT2D eigenvalue weighted by Gasteiger charge is -2.21. The van der Waals surface area contributed by atoms with Gasteiger partial charge in [-0.1, -0.05) is 6.92 Å². The second-order valence-corrected chi connectivity index (χ2v) is 5.04. The van der Waals surface area contributed by atoms with Crippen LogP contribution in [0.3, 0.4) is 0 Å². The molecule has 102 valence electrons. The summed E-state index contributed by atoms with van der Waals surface area (Å²) >= 11 is 0. The number of imidazole rings is 1. The molecule has 18 heavy (non-hydrogen) atoms. The number of nitrogens with zero attached hydrogens (tertiary/aromatic N) is 2. The fraction of sp³-hybridized carbons (Fsp3) is 0.786. The van der Waals surface area contributed by atoms with Gasteiger partial charge in [0.2, 0.25) is 0 Å². The van der Waals surface area contributed by atoms with Crippen molar-refractivity contribution in [3.8, 4) is 0 Å². The molecule has 0 amide bonds. The Morgan fingerprint density at radius 2 is 2.44 bits per heavy atom. The summed E-state index contributed by atoms with van der Waals surface area (Å²) in [6.07, 6.45) is 7.46.